The van der Waals surface area contributed by atoms with Crippen molar-refractivity contribution in [3.63, 3.8) is 0 Å². The number of hydrogen-bond acceptors (Lipinski definition) is 4. The van der Waals surface area contributed by atoms with E-state index < -0.39 is 18.9 Å². The van der Waals surface area contributed by atoms with Gasteiger partial charge in [-0.3, -0.25) is 0 Å². The van der Waals surface area contributed by atoms with Crippen LogP contribution < -0.4 is 11.1 Å². The molecule has 2 rings (SSSR count). The monoisotopic (exact) mass is 274 g/mol. The minimum atomic E-state index is -4.12. The molecule has 8 heteroatoms. The van der Waals surface area contributed by atoms with Gasteiger partial charge in [-0.25, -0.2) is 18.7 Å². The number of nitrogens with zero attached hydrogens (tertiary/aromatic N) is 2. The van der Waals surface area contributed by atoms with Gasteiger partial charge in [0.25, 0.3) is 0 Å². The van der Waals surface area contributed by atoms with Gasteiger partial charge in [-0.1, -0.05) is 0 Å². The number of anilines is 2. The van der Waals surface area contributed by atoms with Crippen molar-refractivity contribution in [1.29, 1.82) is 0 Å². The van der Waals surface area contributed by atoms with Crippen molar-refractivity contribution in [3.05, 3.63) is 24.5 Å². The van der Waals surface area contributed by atoms with Crippen molar-refractivity contribution >= 4 is 22.4 Å². The zero-order valence-corrected chi connectivity index (χ0v) is 9.58. The van der Waals surface area contributed by atoms with Crippen molar-refractivity contribution in [2.45, 2.75) is 12.3 Å². The molecule has 3 N–H and O–H groups in total. The van der Waals surface area contributed by atoms with Gasteiger partial charge >= 0.3 is 12.3 Å². The molecule has 0 spiro atoms. The number of nitrogen functional groups attached to an aromatic ring is 1. The van der Waals surface area contributed by atoms with Crippen LogP contribution in [-0.2, 0) is 0 Å². The van der Waals surface area contributed by atoms with E-state index in [1.807, 2.05) is 0 Å². The van der Waals surface area contributed by atoms with Crippen molar-refractivity contribution in [3.8, 4) is 0 Å². The van der Waals surface area contributed by atoms with Gasteiger partial charge in [0.1, 0.15) is 12.1 Å². The Bertz CT molecular complexity index is 588. The molecule has 0 aliphatic carbocycles. The largest absolute Gasteiger partial charge is 0.399 e. The van der Waals surface area contributed by atoms with Crippen molar-refractivity contribution in [2.75, 3.05) is 17.6 Å². The highest BCUT2D eigenvalue weighted by Gasteiger charge is 2.40. The van der Waals surface area contributed by atoms with Gasteiger partial charge in [-0.2, -0.15) is 8.78 Å². The van der Waals surface area contributed by atoms with Gasteiger partial charge in [0.05, 0.1) is 12.1 Å². The molecule has 1 heterocycles. The molecule has 1 aromatic carbocycles. The lowest BCUT2D eigenvalue weighted by Gasteiger charge is -2.16. The van der Waals surface area contributed by atoms with E-state index >= 15 is 0 Å². The highest BCUT2D eigenvalue weighted by atomic mass is 19.3. The SMILES string of the molecule is Nc1ccc2c(NCC(F)(F)C(F)F)ncnc2c1. The molecule has 0 fully saturated rings. The average molecular weight is 274 g/mol. The van der Waals surface area contributed by atoms with E-state index in [4.69, 9.17) is 5.73 Å². The highest BCUT2D eigenvalue weighted by molar-refractivity contribution is 5.90. The van der Waals surface area contributed by atoms with Crippen LogP contribution in [0.5, 0.6) is 0 Å². The van der Waals surface area contributed by atoms with Crippen LogP contribution in [0.2, 0.25) is 0 Å². The zero-order valence-electron chi connectivity index (χ0n) is 9.58. The molecule has 19 heavy (non-hydrogen) atoms. The second-order valence-corrected chi connectivity index (χ2v) is 3.91. The smallest absolute Gasteiger partial charge is 0.324 e. The molecule has 2 aromatic rings. The van der Waals surface area contributed by atoms with E-state index in [0.717, 1.165) is 6.33 Å². The standard InChI is InChI=1S/C11H10F4N4/c12-10(13)11(14,15)4-17-9-7-2-1-6(16)3-8(7)18-5-19-9/h1-3,5,10H,4,16H2,(H,17,18,19). The second kappa shape index (κ2) is 4.87. The molecule has 1 aromatic heterocycles. The number of rotatable bonds is 4. The van der Waals surface area contributed by atoms with Crippen LogP contribution in [0.3, 0.4) is 0 Å². The minimum absolute atomic E-state index is 0.0605. The lowest BCUT2D eigenvalue weighted by atomic mass is 10.2. The third kappa shape index (κ3) is 2.83. The van der Waals surface area contributed by atoms with Crippen molar-refractivity contribution < 1.29 is 17.6 Å². The third-order valence-corrected chi connectivity index (χ3v) is 2.47. The quantitative estimate of drug-likeness (QED) is 0.664. The summed E-state index contributed by atoms with van der Waals surface area (Å²) in [6, 6.07) is 4.61. The fourth-order valence-electron chi connectivity index (χ4n) is 1.49. The van der Waals surface area contributed by atoms with Gasteiger partial charge in [0, 0.05) is 11.1 Å². The fourth-order valence-corrected chi connectivity index (χ4v) is 1.49. The summed E-state index contributed by atoms with van der Waals surface area (Å²) in [4.78, 5) is 7.67. The first-order valence-electron chi connectivity index (χ1n) is 5.30. The Balaban J connectivity index is 2.26. The summed E-state index contributed by atoms with van der Waals surface area (Å²) in [5.74, 6) is -4.06. The van der Waals surface area contributed by atoms with E-state index in [-0.39, 0.29) is 5.82 Å². The summed E-state index contributed by atoms with van der Waals surface area (Å²) in [6.07, 6.45) is -2.59. The first-order valence-corrected chi connectivity index (χ1v) is 5.30. The Kier molecular flexibility index (Phi) is 3.41. The number of aromatic nitrogens is 2. The molecule has 0 atom stereocenters. The Hall–Kier alpha value is -2.12. The number of halogens is 4. The van der Waals surface area contributed by atoms with Gasteiger partial charge in [0.15, 0.2) is 0 Å². The number of nitrogens with two attached hydrogens (primary N) is 1. The Morgan fingerprint density at radius 2 is 2.00 bits per heavy atom. The summed E-state index contributed by atoms with van der Waals surface area (Å²) in [5.41, 5.74) is 6.45. The second-order valence-electron chi connectivity index (χ2n) is 3.91. The van der Waals surface area contributed by atoms with Crippen molar-refractivity contribution in [2.24, 2.45) is 0 Å². The van der Waals surface area contributed by atoms with Gasteiger partial charge < -0.3 is 11.1 Å². The summed E-state index contributed by atoms with van der Waals surface area (Å²) in [5, 5.41) is 2.64. The van der Waals surface area contributed by atoms with Crippen LogP contribution in [0, 0.1) is 0 Å². The maximum atomic E-state index is 12.8. The topological polar surface area (TPSA) is 63.8 Å². The molecule has 0 amide bonds. The molecule has 0 radical (unpaired) electrons. The summed E-state index contributed by atoms with van der Waals surface area (Å²) >= 11 is 0. The number of fused-ring (bicyclic) bond motifs is 1. The van der Waals surface area contributed by atoms with Crippen LogP contribution >= 0.6 is 0 Å². The summed E-state index contributed by atoms with van der Waals surface area (Å²) in [7, 11) is 0. The third-order valence-electron chi connectivity index (χ3n) is 2.47. The van der Waals surface area contributed by atoms with Crippen LogP contribution in [0.15, 0.2) is 24.5 Å². The molecular weight excluding hydrogens is 264 g/mol. The van der Waals surface area contributed by atoms with Gasteiger partial charge in [0.2, 0.25) is 0 Å². The molecular formula is C11H10F4N4. The summed E-state index contributed by atoms with van der Waals surface area (Å²) in [6.45, 7) is -1.21. The van der Waals surface area contributed by atoms with Crippen molar-refractivity contribution in [1.82, 2.24) is 9.97 Å². The molecule has 0 saturated carbocycles. The first kappa shape index (κ1) is 13.3. The minimum Gasteiger partial charge on any atom is -0.399 e. The number of hydrogen-bond donors (Lipinski definition) is 2. The lowest BCUT2D eigenvalue weighted by molar-refractivity contribution is -0.117. The molecule has 0 bridgehead atoms. The van der Waals surface area contributed by atoms with Crippen LogP contribution in [0.4, 0.5) is 29.1 Å². The van der Waals surface area contributed by atoms with E-state index in [0.29, 0.717) is 16.6 Å². The highest BCUT2D eigenvalue weighted by Crippen LogP contribution is 2.25. The van der Waals surface area contributed by atoms with Crippen LogP contribution in [-0.4, -0.2) is 28.9 Å². The molecule has 102 valence electrons. The van der Waals surface area contributed by atoms with Crippen LogP contribution in [0.1, 0.15) is 0 Å². The number of alkyl halides is 4. The maximum Gasteiger partial charge on any atom is 0.324 e. The molecule has 0 aliphatic rings. The summed E-state index contributed by atoms with van der Waals surface area (Å²) < 4.78 is 49.7. The van der Waals surface area contributed by atoms with E-state index in [9.17, 15) is 17.6 Å². The maximum absolute atomic E-state index is 12.8. The predicted octanol–water partition coefficient (Wildman–Crippen LogP) is 2.52. The Morgan fingerprint density at radius 1 is 1.26 bits per heavy atom. The van der Waals surface area contributed by atoms with Crippen LogP contribution in [0.25, 0.3) is 10.9 Å². The molecule has 0 aliphatic heterocycles. The van der Waals surface area contributed by atoms with E-state index in [1.54, 1.807) is 6.07 Å². The lowest BCUT2D eigenvalue weighted by Crippen LogP contribution is -2.35. The Labute approximate surface area is 105 Å². The number of benzene rings is 1. The first-order chi connectivity index (χ1) is 8.90. The zero-order chi connectivity index (χ0) is 14.0. The van der Waals surface area contributed by atoms with E-state index in [2.05, 4.69) is 15.3 Å². The van der Waals surface area contributed by atoms with Gasteiger partial charge in [-0.15, -0.1) is 0 Å². The molecule has 0 unspecified atom stereocenters. The van der Waals surface area contributed by atoms with E-state index in [1.165, 1.54) is 12.1 Å². The fraction of sp³-hybridized carbons (Fsp3) is 0.273. The normalized spacial score (nSPS) is 12.1. The predicted molar refractivity (Wildman–Crippen MR) is 63.4 cm³/mol. The molecule has 4 nitrogen and oxygen atoms in total. The average Bonchev–Trinajstić information content (AvgIpc) is 2.35. The van der Waals surface area contributed by atoms with Gasteiger partial charge in [-0.05, 0) is 18.2 Å². The molecule has 0 saturated heterocycles. The Morgan fingerprint density at radius 3 is 2.68 bits per heavy atom. The number of nitrogens with one attached hydrogen (secondary N) is 1.